The van der Waals surface area contributed by atoms with Crippen LogP contribution in [0.4, 0.5) is 4.39 Å². The van der Waals surface area contributed by atoms with Crippen LogP contribution >= 0.6 is 0 Å². The highest BCUT2D eigenvalue weighted by molar-refractivity contribution is 5.84. The van der Waals surface area contributed by atoms with E-state index in [0.717, 1.165) is 12.0 Å². The van der Waals surface area contributed by atoms with Gasteiger partial charge in [-0.05, 0) is 38.0 Å². The van der Waals surface area contributed by atoms with E-state index < -0.39 is 0 Å². The van der Waals surface area contributed by atoms with Crippen LogP contribution in [0.5, 0.6) is 0 Å². The lowest BCUT2D eigenvalue weighted by Gasteiger charge is -2.30. The molecule has 0 aromatic heterocycles. The number of carbonyl (C=O) groups excluding carboxylic acids is 1. The van der Waals surface area contributed by atoms with Crippen LogP contribution in [0.3, 0.4) is 0 Å². The summed E-state index contributed by atoms with van der Waals surface area (Å²) in [6.45, 7) is 4.46. The van der Waals surface area contributed by atoms with E-state index >= 15 is 0 Å². The summed E-state index contributed by atoms with van der Waals surface area (Å²) >= 11 is 0. The maximum atomic E-state index is 13.0. The van der Waals surface area contributed by atoms with E-state index in [1.165, 1.54) is 12.1 Å². The van der Waals surface area contributed by atoms with Gasteiger partial charge >= 0.3 is 0 Å². The van der Waals surface area contributed by atoms with Gasteiger partial charge in [-0.25, -0.2) is 4.39 Å². The number of nitrogens with zero attached hydrogens (tertiary/aromatic N) is 1. The van der Waals surface area contributed by atoms with Gasteiger partial charge in [0, 0.05) is 19.8 Å². The van der Waals surface area contributed by atoms with Gasteiger partial charge in [0.15, 0.2) is 0 Å². The number of ether oxygens (including phenoxy) is 1. The van der Waals surface area contributed by atoms with Gasteiger partial charge in [-0.15, -0.1) is 0 Å². The van der Waals surface area contributed by atoms with Crippen LogP contribution in [0.1, 0.15) is 32.0 Å². The fourth-order valence-electron chi connectivity index (χ4n) is 2.54. The molecule has 3 unspecified atom stereocenters. The first-order chi connectivity index (χ1) is 9.54. The van der Waals surface area contributed by atoms with Gasteiger partial charge in [0.2, 0.25) is 5.91 Å². The predicted octanol–water partition coefficient (Wildman–Crippen LogP) is 2.07. The average Bonchev–Trinajstić information content (AvgIpc) is 2.73. The van der Waals surface area contributed by atoms with Crippen molar-refractivity contribution in [2.45, 2.75) is 38.5 Å². The first-order valence-corrected chi connectivity index (χ1v) is 6.87. The maximum absolute atomic E-state index is 13.0. The average molecular weight is 280 g/mol. The van der Waals surface area contributed by atoms with E-state index in [2.05, 4.69) is 5.32 Å². The van der Waals surface area contributed by atoms with Gasteiger partial charge in [0.25, 0.3) is 0 Å². The van der Waals surface area contributed by atoms with Crippen molar-refractivity contribution in [1.82, 2.24) is 10.2 Å². The molecule has 3 atom stereocenters. The number of hydrogen-bond donors (Lipinski definition) is 1. The van der Waals surface area contributed by atoms with Gasteiger partial charge in [-0.3, -0.25) is 10.1 Å². The van der Waals surface area contributed by atoms with Gasteiger partial charge in [-0.2, -0.15) is 0 Å². The SMILES string of the molecule is COCCC(C)N1C(=O)C(C)NC1c1ccc(F)cc1. The van der Waals surface area contributed by atoms with Crippen LogP contribution in [0.15, 0.2) is 24.3 Å². The minimum Gasteiger partial charge on any atom is -0.385 e. The third kappa shape index (κ3) is 2.99. The Bertz CT molecular complexity index is 463. The number of nitrogens with one attached hydrogen (secondary N) is 1. The van der Waals surface area contributed by atoms with Crippen molar-refractivity contribution < 1.29 is 13.9 Å². The number of halogens is 1. The molecule has 110 valence electrons. The summed E-state index contributed by atoms with van der Waals surface area (Å²) in [5.74, 6) is -0.201. The molecule has 1 heterocycles. The molecular weight excluding hydrogens is 259 g/mol. The van der Waals surface area contributed by atoms with Crippen LogP contribution in [-0.4, -0.2) is 36.6 Å². The normalized spacial score (nSPS) is 24.2. The molecule has 1 aliphatic rings. The Morgan fingerprint density at radius 3 is 2.65 bits per heavy atom. The topological polar surface area (TPSA) is 41.6 Å². The number of carbonyl (C=O) groups is 1. The standard InChI is InChI=1S/C15H21FN2O2/c1-10(8-9-20-3)18-14(17-11(2)15(18)19)12-4-6-13(16)7-5-12/h4-7,10-11,14,17H,8-9H2,1-3H3. The Morgan fingerprint density at radius 1 is 1.40 bits per heavy atom. The Morgan fingerprint density at radius 2 is 2.05 bits per heavy atom. The third-order valence-corrected chi connectivity index (χ3v) is 3.71. The third-order valence-electron chi connectivity index (χ3n) is 3.71. The molecule has 20 heavy (non-hydrogen) atoms. The summed E-state index contributed by atoms with van der Waals surface area (Å²) in [7, 11) is 1.65. The molecular formula is C15H21FN2O2. The Balaban J connectivity index is 2.21. The molecule has 4 nitrogen and oxygen atoms in total. The fourth-order valence-corrected chi connectivity index (χ4v) is 2.54. The summed E-state index contributed by atoms with van der Waals surface area (Å²) in [5, 5.41) is 3.26. The highest BCUT2D eigenvalue weighted by atomic mass is 19.1. The van der Waals surface area contributed by atoms with E-state index in [4.69, 9.17) is 4.74 Å². The molecule has 1 aromatic rings. The molecule has 0 spiro atoms. The second-order valence-electron chi connectivity index (χ2n) is 5.22. The molecule has 1 saturated heterocycles. The van der Waals surface area contributed by atoms with Gasteiger partial charge < -0.3 is 9.64 Å². The number of benzene rings is 1. The van der Waals surface area contributed by atoms with E-state index in [9.17, 15) is 9.18 Å². The summed E-state index contributed by atoms with van der Waals surface area (Å²) in [6, 6.07) is 6.11. The smallest absolute Gasteiger partial charge is 0.241 e. The summed E-state index contributed by atoms with van der Waals surface area (Å²) in [4.78, 5) is 14.1. The summed E-state index contributed by atoms with van der Waals surface area (Å²) < 4.78 is 18.1. The Hall–Kier alpha value is -1.46. The van der Waals surface area contributed by atoms with Crippen molar-refractivity contribution >= 4 is 5.91 Å². The van der Waals surface area contributed by atoms with Crippen LogP contribution < -0.4 is 5.32 Å². The van der Waals surface area contributed by atoms with E-state index in [1.807, 2.05) is 18.7 Å². The van der Waals surface area contributed by atoms with Crippen molar-refractivity contribution in [3.05, 3.63) is 35.6 Å². The molecule has 0 saturated carbocycles. The van der Waals surface area contributed by atoms with Crippen molar-refractivity contribution in [3.63, 3.8) is 0 Å². The number of hydrogen-bond acceptors (Lipinski definition) is 3. The lowest BCUT2D eigenvalue weighted by atomic mass is 10.1. The molecule has 0 radical (unpaired) electrons. The van der Waals surface area contributed by atoms with E-state index in [-0.39, 0.29) is 30.0 Å². The first kappa shape index (κ1) is 14.9. The van der Waals surface area contributed by atoms with Crippen LogP contribution in [0.25, 0.3) is 0 Å². The second-order valence-corrected chi connectivity index (χ2v) is 5.22. The zero-order valence-corrected chi connectivity index (χ0v) is 12.1. The molecule has 0 aliphatic carbocycles. The van der Waals surface area contributed by atoms with E-state index in [1.54, 1.807) is 19.2 Å². The quantitative estimate of drug-likeness (QED) is 0.897. The molecule has 1 amide bonds. The van der Waals surface area contributed by atoms with Crippen LogP contribution in [-0.2, 0) is 9.53 Å². The Kier molecular flexibility index (Phi) is 4.73. The summed E-state index contributed by atoms with van der Waals surface area (Å²) in [6.07, 6.45) is 0.568. The maximum Gasteiger partial charge on any atom is 0.241 e. The van der Waals surface area contributed by atoms with Crippen LogP contribution in [0.2, 0.25) is 0 Å². The van der Waals surface area contributed by atoms with E-state index in [0.29, 0.717) is 6.61 Å². The molecule has 1 N–H and O–H groups in total. The largest absolute Gasteiger partial charge is 0.385 e. The molecule has 2 rings (SSSR count). The van der Waals surface area contributed by atoms with Crippen molar-refractivity contribution in [2.24, 2.45) is 0 Å². The fraction of sp³-hybridized carbons (Fsp3) is 0.533. The van der Waals surface area contributed by atoms with Gasteiger partial charge in [-0.1, -0.05) is 12.1 Å². The number of amides is 1. The second kappa shape index (κ2) is 6.33. The first-order valence-electron chi connectivity index (χ1n) is 6.87. The number of rotatable bonds is 5. The van der Waals surface area contributed by atoms with Crippen molar-refractivity contribution in [3.8, 4) is 0 Å². The lowest BCUT2D eigenvalue weighted by molar-refractivity contribution is -0.132. The molecule has 1 aliphatic heterocycles. The molecule has 5 heteroatoms. The zero-order valence-electron chi connectivity index (χ0n) is 12.1. The van der Waals surface area contributed by atoms with Gasteiger partial charge in [0.1, 0.15) is 12.0 Å². The minimum absolute atomic E-state index is 0.0648. The Labute approximate surface area is 118 Å². The van der Waals surface area contributed by atoms with Gasteiger partial charge in [0.05, 0.1) is 6.04 Å². The molecule has 1 fully saturated rings. The number of methoxy groups -OCH3 is 1. The molecule has 1 aromatic carbocycles. The summed E-state index contributed by atoms with van der Waals surface area (Å²) in [5.41, 5.74) is 0.897. The highest BCUT2D eigenvalue weighted by Gasteiger charge is 2.39. The monoisotopic (exact) mass is 280 g/mol. The minimum atomic E-state index is -0.273. The zero-order chi connectivity index (χ0) is 14.7. The van der Waals surface area contributed by atoms with Crippen LogP contribution in [0, 0.1) is 5.82 Å². The van der Waals surface area contributed by atoms with Crippen molar-refractivity contribution in [2.75, 3.05) is 13.7 Å². The lowest BCUT2D eigenvalue weighted by Crippen LogP contribution is -2.38. The highest BCUT2D eigenvalue weighted by Crippen LogP contribution is 2.28. The predicted molar refractivity (Wildman–Crippen MR) is 74.5 cm³/mol. The molecule has 0 bridgehead atoms. The van der Waals surface area contributed by atoms with Crippen molar-refractivity contribution in [1.29, 1.82) is 0 Å².